The van der Waals surface area contributed by atoms with Crippen LogP contribution in [0.25, 0.3) is 99.7 Å². The zero-order chi connectivity index (χ0) is 31.8. The van der Waals surface area contributed by atoms with Crippen molar-refractivity contribution in [2.24, 2.45) is 7.05 Å². The Morgan fingerprint density at radius 2 is 1.02 bits per heavy atom. The largest absolute Gasteiger partial charge is 0.312 e. The van der Waals surface area contributed by atoms with Crippen LogP contribution in [0.4, 0.5) is 0 Å². The number of aryl methyl sites for hydroxylation is 1. The van der Waals surface area contributed by atoms with Crippen LogP contribution in [-0.2, 0) is 7.05 Å². The molecule has 0 N–H and O–H groups in total. The number of aromatic nitrogens is 4. The van der Waals surface area contributed by atoms with Crippen LogP contribution in [0.3, 0.4) is 0 Å². The summed E-state index contributed by atoms with van der Waals surface area (Å²) in [5.41, 5.74) is 15.3. The first-order chi connectivity index (χ1) is 23.8. The summed E-state index contributed by atoms with van der Waals surface area (Å²) < 4.78 is 2.03. The van der Waals surface area contributed by atoms with E-state index in [0.717, 1.165) is 22.6 Å². The molecule has 48 heavy (non-hydrogen) atoms. The van der Waals surface area contributed by atoms with E-state index >= 15 is 0 Å². The van der Waals surface area contributed by atoms with Crippen molar-refractivity contribution in [1.29, 1.82) is 0 Å². The summed E-state index contributed by atoms with van der Waals surface area (Å²) in [5.74, 6) is 0.877. The lowest BCUT2D eigenvalue weighted by Gasteiger charge is -2.20. The first-order valence-corrected chi connectivity index (χ1v) is 16.3. The number of hydrogen-bond acceptors (Lipinski definition) is 3. The molecule has 0 fully saturated rings. The molecule has 2 aromatic heterocycles. The van der Waals surface area contributed by atoms with Gasteiger partial charge in [-0.05, 0) is 77.2 Å². The molecule has 0 bridgehead atoms. The number of imidazole rings is 1. The third-order valence-corrected chi connectivity index (χ3v) is 9.91. The van der Waals surface area contributed by atoms with Crippen LogP contribution in [0.2, 0.25) is 0 Å². The van der Waals surface area contributed by atoms with Crippen LogP contribution in [0.1, 0.15) is 0 Å². The summed E-state index contributed by atoms with van der Waals surface area (Å²) in [7, 11) is 2.00. The second-order valence-corrected chi connectivity index (χ2v) is 12.5. The van der Waals surface area contributed by atoms with Gasteiger partial charge in [0.1, 0.15) is 17.7 Å². The van der Waals surface area contributed by atoms with Gasteiger partial charge in [0.15, 0.2) is 5.65 Å². The zero-order valence-electron chi connectivity index (χ0n) is 26.2. The molecule has 1 aliphatic carbocycles. The summed E-state index contributed by atoms with van der Waals surface area (Å²) in [5, 5.41) is 5.12. The maximum atomic E-state index is 4.82. The van der Waals surface area contributed by atoms with Crippen molar-refractivity contribution >= 4 is 32.7 Å². The van der Waals surface area contributed by atoms with Gasteiger partial charge < -0.3 is 4.57 Å². The fraction of sp³-hybridized carbons (Fsp3) is 0.0227. The van der Waals surface area contributed by atoms with Gasteiger partial charge in [-0.15, -0.1) is 0 Å². The van der Waals surface area contributed by atoms with Crippen LogP contribution >= 0.6 is 0 Å². The molecule has 0 unspecified atom stereocenters. The first-order valence-electron chi connectivity index (χ1n) is 16.3. The van der Waals surface area contributed by atoms with E-state index in [1.54, 1.807) is 12.5 Å². The van der Waals surface area contributed by atoms with E-state index in [-0.39, 0.29) is 0 Å². The monoisotopic (exact) mass is 612 g/mol. The lowest BCUT2D eigenvalue weighted by atomic mass is 9.82. The molecule has 10 rings (SSSR count). The third kappa shape index (κ3) is 3.80. The van der Waals surface area contributed by atoms with Crippen molar-refractivity contribution in [3.05, 3.63) is 152 Å². The Morgan fingerprint density at radius 3 is 1.67 bits per heavy atom. The van der Waals surface area contributed by atoms with Gasteiger partial charge in [-0.2, -0.15) is 0 Å². The van der Waals surface area contributed by atoms with Crippen LogP contribution in [0.5, 0.6) is 0 Å². The smallest absolute Gasteiger partial charge is 0.163 e. The molecule has 4 nitrogen and oxygen atoms in total. The molecule has 0 atom stereocenters. The molecule has 0 saturated carbocycles. The van der Waals surface area contributed by atoms with Crippen molar-refractivity contribution in [2.75, 3.05) is 0 Å². The zero-order valence-corrected chi connectivity index (χ0v) is 26.2. The molecular weight excluding hydrogens is 585 g/mol. The van der Waals surface area contributed by atoms with Crippen LogP contribution in [0.15, 0.2) is 152 Å². The number of rotatable bonds is 4. The van der Waals surface area contributed by atoms with Gasteiger partial charge in [0.25, 0.3) is 0 Å². The van der Waals surface area contributed by atoms with Gasteiger partial charge in [-0.25, -0.2) is 15.0 Å². The SMILES string of the molecule is Cn1c(-c2ccc(-c3ccc4c5c(cccc35)-c3c-4c(-c4ccccc4)c4ccccc4c3-c3ccccc3)cc2)nc2cncnc21. The summed E-state index contributed by atoms with van der Waals surface area (Å²) >= 11 is 0. The van der Waals surface area contributed by atoms with Crippen molar-refractivity contribution in [1.82, 2.24) is 19.5 Å². The Morgan fingerprint density at radius 1 is 0.458 bits per heavy atom. The second kappa shape index (κ2) is 10.3. The number of fused-ring (bicyclic) bond motifs is 5. The van der Waals surface area contributed by atoms with E-state index in [4.69, 9.17) is 4.98 Å². The summed E-state index contributed by atoms with van der Waals surface area (Å²) in [6, 6.07) is 50.9. The van der Waals surface area contributed by atoms with E-state index in [0.29, 0.717) is 0 Å². The minimum Gasteiger partial charge on any atom is -0.312 e. The topological polar surface area (TPSA) is 43.6 Å². The Labute approximate surface area is 277 Å². The molecule has 9 aromatic rings. The van der Waals surface area contributed by atoms with E-state index in [9.17, 15) is 0 Å². The van der Waals surface area contributed by atoms with Gasteiger partial charge in [0.05, 0.1) is 6.20 Å². The molecule has 224 valence electrons. The van der Waals surface area contributed by atoms with Crippen LogP contribution in [0, 0.1) is 0 Å². The van der Waals surface area contributed by atoms with E-state index in [1.807, 2.05) is 11.6 Å². The van der Waals surface area contributed by atoms with E-state index in [2.05, 4.69) is 149 Å². The highest BCUT2D eigenvalue weighted by Gasteiger charge is 2.31. The minimum atomic E-state index is 0.795. The highest BCUT2D eigenvalue weighted by atomic mass is 15.1. The molecule has 0 amide bonds. The molecule has 7 aromatic carbocycles. The molecule has 1 aliphatic rings. The van der Waals surface area contributed by atoms with E-state index < -0.39 is 0 Å². The summed E-state index contributed by atoms with van der Waals surface area (Å²) in [6.07, 6.45) is 3.33. The molecular formula is C44H28N4. The fourth-order valence-corrected chi connectivity index (χ4v) is 7.86. The van der Waals surface area contributed by atoms with Crippen molar-refractivity contribution in [3.8, 4) is 67.0 Å². The maximum absolute atomic E-state index is 4.82. The average molecular weight is 613 g/mol. The Balaban J connectivity index is 1.22. The molecule has 0 spiro atoms. The number of hydrogen-bond donors (Lipinski definition) is 0. The average Bonchev–Trinajstić information content (AvgIpc) is 3.67. The molecule has 0 radical (unpaired) electrons. The highest BCUT2D eigenvalue weighted by molar-refractivity contribution is 6.28. The lowest BCUT2D eigenvalue weighted by molar-refractivity contribution is 0.939. The Kier molecular flexibility index (Phi) is 5.75. The van der Waals surface area contributed by atoms with Crippen LogP contribution in [-0.4, -0.2) is 19.5 Å². The summed E-state index contributed by atoms with van der Waals surface area (Å²) in [6.45, 7) is 0. The predicted molar refractivity (Wildman–Crippen MR) is 197 cm³/mol. The first kappa shape index (κ1) is 26.8. The number of benzene rings is 7. The fourth-order valence-electron chi connectivity index (χ4n) is 7.86. The predicted octanol–water partition coefficient (Wildman–Crippen LogP) is 11.0. The lowest BCUT2D eigenvalue weighted by Crippen LogP contribution is -1.94. The minimum absolute atomic E-state index is 0.795. The molecule has 0 aliphatic heterocycles. The van der Waals surface area contributed by atoms with Crippen molar-refractivity contribution < 1.29 is 0 Å². The van der Waals surface area contributed by atoms with Crippen LogP contribution < -0.4 is 0 Å². The third-order valence-electron chi connectivity index (χ3n) is 9.91. The van der Waals surface area contributed by atoms with Gasteiger partial charge in [0.2, 0.25) is 0 Å². The molecule has 4 heteroatoms. The summed E-state index contributed by atoms with van der Waals surface area (Å²) in [4.78, 5) is 13.4. The van der Waals surface area contributed by atoms with Gasteiger partial charge in [-0.3, -0.25) is 0 Å². The molecule has 2 heterocycles. The quantitative estimate of drug-likeness (QED) is 0.199. The second-order valence-electron chi connectivity index (χ2n) is 12.5. The molecule has 0 saturated heterocycles. The normalized spacial score (nSPS) is 11.9. The Hall–Kier alpha value is -6.39. The Bertz CT molecular complexity index is 2620. The van der Waals surface area contributed by atoms with E-state index in [1.165, 1.54) is 77.2 Å². The van der Waals surface area contributed by atoms with Gasteiger partial charge >= 0.3 is 0 Å². The number of nitrogens with zero attached hydrogens (tertiary/aromatic N) is 4. The van der Waals surface area contributed by atoms with Gasteiger partial charge in [-0.1, -0.05) is 140 Å². The van der Waals surface area contributed by atoms with Crippen molar-refractivity contribution in [2.45, 2.75) is 0 Å². The van der Waals surface area contributed by atoms with Crippen molar-refractivity contribution in [3.63, 3.8) is 0 Å². The highest BCUT2D eigenvalue weighted by Crippen LogP contribution is 2.58. The van der Waals surface area contributed by atoms with Gasteiger partial charge in [0, 0.05) is 12.6 Å². The maximum Gasteiger partial charge on any atom is 0.163 e. The standard InChI is InChI=1S/C44H28N4/c1-48-43(47-37-25-45-26-46-44(37)48)30-21-19-27(20-22-30)31-23-24-36-40-32(31)17-10-18-35(40)41-38(28-11-4-2-5-12-28)33-15-8-9-16-34(33)39(42(36)41)29-13-6-3-7-14-29/h2-26H,1H3.